The van der Waals surface area contributed by atoms with Crippen molar-refractivity contribution in [1.29, 1.82) is 0 Å². The predicted octanol–water partition coefficient (Wildman–Crippen LogP) is 1.09. The molecule has 0 radical (unpaired) electrons. The van der Waals surface area contributed by atoms with Crippen LogP contribution in [-0.4, -0.2) is 20.9 Å². The summed E-state index contributed by atoms with van der Waals surface area (Å²) < 4.78 is 23.0. The fourth-order valence-electron chi connectivity index (χ4n) is 1.31. The van der Waals surface area contributed by atoms with Gasteiger partial charge in [-0.05, 0) is 47.5 Å². The average molecular weight is 337 g/mol. The number of halogens is 1. The van der Waals surface area contributed by atoms with Crippen molar-refractivity contribution in [3.63, 3.8) is 0 Å². The Labute approximate surface area is 114 Å². The average Bonchev–Trinajstić information content (AvgIpc) is 2.24. The van der Waals surface area contributed by atoms with Crippen LogP contribution in [0.25, 0.3) is 0 Å². The highest BCUT2D eigenvalue weighted by Gasteiger charge is 2.18. The number of amides is 1. The first-order valence-corrected chi connectivity index (χ1v) is 7.36. The summed E-state index contributed by atoms with van der Waals surface area (Å²) in [4.78, 5) is 16.4. The normalized spacial score (nSPS) is 11.3. The minimum atomic E-state index is -3.89. The maximum Gasteiger partial charge on any atom is 0.275 e. The van der Waals surface area contributed by atoms with Gasteiger partial charge in [0.15, 0.2) is 0 Å². The van der Waals surface area contributed by atoms with Gasteiger partial charge in [0.25, 0.3) is 5.91 Å². The lowest BCUT2D eigenvalue weighted by Crippen LogP contribution is -2.25. The number of hydroxylamine groups is 1. The molecule has 0 atom stereocenters. The zero-order chi connectivity index (χ0) is 13.9. The molecular weight excluding hydrogens is 324 g/mol. The molecule has 0 saturated heterocycles. The third-order valence-corrected chi connectivity index (χ3v) is 4.01. The van der Waals surface area contributed by atoms with Crippen LogP contribution in [0.15, 0.2) is 21.5 Å². The molecule has 8 heteroatoms. The quantitative estimate of drug-likeness (QED) is 0.804. The van der Waals surface area contributed by atoms with Gasteiger partial charge >= 0.3 is 0 Å². The molecule has 100 valence electrons. The largest absolute Gasteiger partial charge is 0.275 e. The van der Waals surface area contributed by atoms with E-state index >= 15 is 0 Å². The topological polar surface area (TPSA) is 98.5 Å². The first-order chi connectivity index (χ1) is 8.27. The maximum atomic E-state index is 11.7. The van der Waals surface area contributed by atoms with Crippen LogP contribution < -0.4 is 10.6 Å². The molecular formula is C10H13BrN2O4S. The molecule has 0 aromatic heterocycles. The summed E-state index contributed by atoms with van der Waals surface area (Å²) in [7, 11) is -3.89. The van der Waals surface area contributed by atoms with Crippen molar-refractivity contribution in [2.75, 3.05) is 6.61 Å². The van der Waals surface area contributed by atoms with Crippen molar-refractivity contribution >= 4 is 31.9 Å². The summed E-state index contributed by atoms with van der Waals surface area (Å²) in [6.07, 6.45) is 0. The van der Waals surface area contributed by atoms with Crippen LogP contribution in [0.3, 0.4) is 0 Å². The molecule has 18 heavy (non-hydrogen) atoms. The van der Waals surface area contributed by atoms with E-state index in [0.29, 0.717) is 16.6 Å². The van der Waals surface area contributed by atoms with Crippen LogP contribution >= 0.6 is 15.9 Å². The summed E-state index contributed by atoms with van der Waals surface area (Å²) in [6, 6.07) is 2.73. The Bertz CT molecular complexity index is 571. The van der Waals surface area contributed by atoms with Crippen LogP contribution in [0.5, 0.6) is 0 Å². The van der Waals surface area contributed by atoms with Crippen LogP contribution in [0.1, 0.15) is 22.8 Å². The van der Waals surface area contributed by atoms with E-state index in [0.717, 1.165) is 0 Å². The van der Waals surface area contributed by atoms with E-state index < -0.39 is 15.9 Å². The summed E-state index contributed by atoms with van der Waals surface area (Å²) in [5, 5.41) is 5.06. The number of hydrogen-bond donors (Lipinski definition) is 2. The second-order valence-corrected chi connectivity index (χ2v) is 5.89. The molecule has 0 heterocycles. The monoisotopic (exact) mass is 336 g/mol. The summed E-state index contributed by atoms with van der Waals surface area (Å²) >= 11 is 3.10. The highest BCUT2D eigenvalue weighted by atomic mass is 79.9. The van der Waals surface area contributed by atoms with Gasteiger partial charge in [-0.15, -0.1) is 0 Å². The predicted molar refractivity (Wildman–Crippen MR) is 69.3 cm³/mol. The highest BCUT2D eigenvalue weighted by molar-refractivity contribution is 9.10. The van der Waals surface area contributed by atoms with Gasteiger partial charge in [-0.1, -0.05) is 0 Å². The van der Waals surface area contributed by atoms with Gasteiger partial charge in [0.05, 0.1) is 11.5 Å². The number of nitrogens with two attached hydrogens (primary N) is 1. The fraction of sp³-hybridized carbons (Fsp3) is 0.300. The van der Waals surface area contributed by atoms with E-state index in [1.54, 1.807) is 13.8 Å². The molecule has 0 spiro atoms. The molecule has 1 rings (SSSR count). The Morgan fingerprint density at radius 2 is 2.11 bits per heavy atom. The van der Waals surface area contributed by atoms with Gasteiger partial charge < -0.3 is 0 Å². The first kappa shape index (κ1) is 15.1. The number of aryl methyl sites for hydroxylation is 1. The molecule has 0 fully saturated rings. The van der Waals surface area contributed by atoms with Gasteiger partial charge in [0.2, 0.25) is 10.0 Å². The Hall–Kier alpha value is -0.960. The number of carbonyl (C=O) groups excluding carboxylic acids is 1. The molecule has 0 aliphatic carbocycles. The first-order valence-electron chi connectivity index (χ1n) is 5.02. The Kier molecular flexibility index (Phi) is 4.85. The lowest BCUT2D eigenvalue weighted by Gasteiger charge is -2.10. The molecule has 1 aromatic carbocycles. The third-order valence-electron chi connectivity index (χ3n) is 2.14. The minimum absolute atomic E-state index is 0.144. The van der Waals surface area contributed by atoms with Crippen molar-refractivity contribution in [1.82, 2.24) is 5.48 Å². The van der Waals surface area contributed by atoms with Gasteiger partial charge in [-0.25, -0.2) is 19.0 Å². The van der Waals surface area contributed by atoms with Crippen molar-refractivity contribution in [2.24, 2.45) is 5.14 Å². The molecule has 0 unspecified atom stereocenters. The second kappa shape index (κ2) is 5.79. The molecule has 0 bridgehead atoms. The SMILES string of the molecule is CCONC(=O)c1cc(S(N)(=O)=O)c(Br)cc1C. The lowest BCUT2D eigenvalue weighted by atomic mass is 10.1. The zero-order valence-corrected chi connectivity index (χ0v) is 12.3. The van der Waals surface area contributed by atoms with Gasteiger partial charge in [0, 0.05) is 10.0 Å². The van der Waals surface area contributed by atoms with E-state index in [2.05, 4.69) is 21.4 Å². The van der Waals surface area contributed by atoms with E-state index in [-0.39, 0.29) is 10.5 Å². The number of rotatable bonds is 4. The van der Waals surface area contributed by atoms with Gasteiger partial charge in [-0.3, -0.25) is 9.63 Å². The highest BCUT2D eigenvalue weighted by Crippen LogP contribution is 2.25. The third kappa shape index (κ3) is 3.52. The Morgan fingerprint density at radius 1 is 1.50 bits per heavy atom. The van der Waals surface area contributed by atoms with E-state index in [1.807, 2.05) is 0 Å². The van der Waals surface area contributed by atoms with Crippen molar-refractivity contribution in [3.8, 4) is 0 Å². The van der Waals surface area contributed by atoms with Crippen molar-refractivity contribution < 1.29 is 18.0 Å². The fourth-order valence-corrected chi connectivity index (χ4v) is 3.06. The smallest absolute Gasteiger partial charge is 0.274 e. The summed E-state index contributed by atoms with van der Waals surface area (Å²) in [6.45, 7) is 3.70. The Balaban J connectivity index is 3.26. The van der Waals surface area contributed by atoms with Crippen LogP contribution in [0, 0.1) is 6.92 Å². The zero-order valence-electron chi connectivity index (χ0n) is 9.86. The Morgan fingerprint density at radius 3 is 2.61 bits per heavy atom. The second-order valence-electron chi connectivity index (χ2n) is 3.51. The van der Waals surface area contributed by atoms with Gasteiger partial charge in [0.1, 0.15) is 0 Å². The molecule has 0 aliphatic heterocycles. The molecule has 1 aromatic rings. The molecule has 0 saturated carbocycles. The number of hydrogen-bond acceptors (Lipinski definition) is 4. The van der Waals surface area contributed by atoms with E-state index in [4.69, 9.17) is 9.98 Å². The van der Waals surface area contributed by atoms with Crippen LogP contribution in [-0.2, 0) is 14.9 Å². The number of nitrogens with one attached hydrogen (secondary N) is 1. The number of primary sulfonamides is 1. The van der Waals surface area contributed by atoms with Crippen LogP contribution in [0.2, 0.25) is 0 Å². The molecule has 0 aliphatic rings. The summed E-state index contributed by atoms with van der Waals surface area (Å²) in [5.41, 5.74) is 2.99. The standard InChI is InChI=1S/C10H13BrN2O4S/c1-3-17-13-10(14)7-5-9(18(12,15)16)8(11)4-6(7)2/h4-5H,3H2,1-2H3,(H,13,14)(H2,12,15,16). The number of carbonyl (C=O) groups is 1. The molecule has 3 N–H and O–H groups in total. The van der Waals surface area contributed by atoms with Crippen LogP contribution in [0.4, 0.5) is 0 Å². The van der Waals surface area contributed by atoms with E-state index in [9.17, 15) is 13.2 Å². The number of benzene rings is 1. The summed E-state index contributed by atoms with van der Waals surface area (Å²) in [5.74, 6) is -0.522. The lowest BCUT2D eigenvalue weighted by molar-refractivity contribution is 0.0364. The van der Waals surface area contributed by atoms with Gasteiger partial charge in [-0.2, -0.15) is 0 Å². The number of sulfonamides is 1. The minimum Gasteiger partial charge on any atom is -0.274 e. The van der Waals surface area contributed by atoms with Crippen molar-refractivity contribution in [2.45, 2.75) is 18.7 Å². The molecule has 1 amide bonds. The van der Waals surface area contributed by atoms with Crippen molar-refractivity contribution in [3.05, 3.63) is 27.7 Å². The maximum absolute atomic E-state index is 11.7. The molecule has 6 nitrogen and oxygen atoms in total. The van der Waals surface area contributed by atoms with E-state index in [1.165, 1.54) is 12.1 Å².